The third kappa shape index (κ3) is 2.18. The molecule has 1 atom stereocenters. The van der Waals surface area contributed by atoms with Crippen LogP contribution in [0.25, 0.3) is 0 Å². The second-order valence-electron chi connectivity index (χ2n) is 4.34. The maximum atomic E-state index is 11.1. The highest BCUT2D eigenvalue weighted by atomic mass is 16.1. The summed E-state index contributed by atoms with van der Waals surface area (Å²) in [6.07, 6.45) is 4.29. The first-order valence-corrected chi connectivity index (χ1v) is 5.88. The van der Waals surface area contributed by atoms with Crippen molar-refractivity contribution >= 4 is 11.6 Å². The van der Waals surface area contributed by atoms with E-state index in [1.54, 1.807) is 0 Å². The summed E-state index contributed by atoms with van der Waals surface area (Å²) in [5.41, 5.74) is 9.16. The Labute approximate surface area is 96.0 Å². The molecule has 1 unspecified atom stereocenters. The van der Waals surface area contributed by atoms with Crippen molar-refractivity contribution in [3.8, 4) is 0 Å². The van der Waals surface area contributed by atoms with Crippen LogP contribution in [0.2, 0.25) is 0 Å². The molecule has 3 heteroatoms. The minimum atomic E-state index is -0.289. The van der Waals surface area contributed by atoms with E-state index >= 15 is 0 Å². The van der Waals surface area contributed by atoms with Crippen LogP contribution < -0.4 is 11.1 Å². The van der Waals surface area contributed by atoms with Crippen molar-refractivity contribution in [2.75, 3.05) is 5.32 Å². The molecule has 0 spiro atoms. The number of aryl methyl sites for hydroxylation is 2. The lowest BCUT2D eigenvalue weighted by Crippen LogP contribution is -2.34. The van der Waals surface area contributed by atoms with E-state index in [1.807, 2.05) is 13.0 Å². The molecule has 0 radical (unpaired) electrons. The molecule has 0 heterocycles. The molecular weight excluding hydrogens is 200 g/mol. The number of benzene rings is 1. The molecule has 86 valence electrons. The summed E-state index contributed by atoms with van der Waals surface area (Å²) >= 11 is 0. The molecule has 0 bridgehead atoms. The molecule has 0 saturated heterocycles. The van der Waals surface area contributed by atoms with E-state index < -0.39 is 0 Å². The van der Waals surface area contributed by atoms with Crippen molar-refractivity contribution in [3.05, 3.63) is 29.3 Å². The summed E-state index contributed by atoms with van der Waals surface area (Å²) in [4.78, 5) is 11.1. The van der Waals surface area contributed by atoms with E-state index in [-0.39, 0.29) is 11.9 Å². The number of nitrogens with one attached hydrogen (secondary N) is 1. The number of carbonyl (C=O) groups is 1. The van der Waals surface area contributed by atoms with Crippen molar-refractivity contribution in [2.45, 2.75) is 38.6 Å². The molecule has 3 N–H and O–H groups in total. The summed E-state index contributed by atoms with van der Waals surface area (Å²) in [6, 6.07) is 6.07. The van der Waals surface area contributed by atoms with Crippen LogP contribution in [-0.4, -0.2) is 11.9 Å². The molecule has 0 aromatic heterocycles. The standard InChI is InChI=1S/C13H18N2O/c1-2-12(13(14)16)15-11-7-6-9-4-3-5-10(9)8-11/h6-8,12,15H,2-5H2,1H3,(H2,14,16). The summed E-state index contributed by atoms with van der Waals surface area (Å²) in [5, 5.41) is 3.18. The second-order valence-corrected chi connectivity index (χ2v) is 4.34. The van der Waals surface area contributed by atoms with E-state index in [1.165, 1.54) is 24.0 Å². The zero-order valence-corrected chi connectivity index (χ0v) is 9.62. The fourth-order valence-electron chi connectivity index (χ4n) is 2.24. The van der Waals surface area contributed by atoms with Gasteiger partial charge in [0.1, 0.15) is 6.04 Å². The lowest BCUT2D eigenvalue weighted by Gasteiger charge is -2.15. The number of nitrogens with two attached hydrogens (primary N) is 1. The molecule has 1 aliphatic rings. The van der Waals surface area contributed by atoms with Gasteiger partial charge < -0.3 is 11.1 Å². The lowest BCUT2D eigenvalue weighted by molar-refractivity contribution is -0.118. The van der Waals surface area contributed by atoms with Crippen LogP contribution in [0.4, 0.5) is 5.69 Å². The van der Waals surface area contributed by atoms with Gasteiger partial charge in [-0.15, -0.1) is 0 Å². The van der Waals surface area contributed by atoms with Gasteiger partial charge in [-0.3, -0.25) is 4.79 Å². The molecule has 1 aromatic carbocycles. The monoisotopic (exact) mass is 218 g/mol. The van der Waals surface area contributed by atoms with Crippen LogP contribution in [0, 0.1) is 0 Å². The number of hydrogen-bond donors (Lipinski definition) is 2. The molecule has 0 saturated carbocycles. The van der Waals surface area contributed by atoms with Gasteiger partial charge in [0, 0.05) is 5.69 Å². The number of anilines is 1. The van der Waals surface area contributed by atoms with Gasteiger partial charge in [-0.25, -0.2) is 0 Å². The summed E-state index contributed by atoms with van der Waals surface area (Å²) < 4.78 is 0. The van der Waals surface area contributed by atoms with E-state index in [0.717, 1.165) is 12.1 Å². The number of fused-ring (bicyclic) bond motifs is 1. The molecule has 2 rings (SSSR count). The minimum absolute atomic E-state index is 0.264. The number of hydrogen-bond acceptors (Lipinski definition) is 2. The maximum absolute atomic E-state index is 11.1. The van der Waals surface area contributed by atoms with Crippen LogP contribution in [-0.2, 0) is 17.6 Å². The Balaban J connectivity index is 2.13. The smallest absolute Gasteiger partial charge is 0.239 e. The third-order valence-corrected chi connectivity index (χ3v) is 3.19. The largest absolute Gasteiger partial charge is 0.374 e. The Hall–Kier alpha value is -1.51. The van der Waals surface area contributed by atoms with E-state index in [0.29, 0.717) is 6.42 Å². The van der Waals surface area contributed by atoms with Crippen LogP contribution in [0.5, 0.6) is 0 Å². The maximum Gasteiger partial charge on any atom is 0.239 e. The fraction of sp³-hybridized carbons (Fsp3) is 0.462. The van der Waals surface area contributed by atoms with Gasteiger partial charge in [0.25, 0.3) is 0 Å². The fourth-order valence-corrected chi connectivity index (χ4v) is 2.24. The average Bonchev–Trinajstić information content (AvgIpc) is 2.72. The average molecular weight is 218 g/mol. The zero-order valence-electron chi connectivity index (χ0n) is 9.62. The lowest BCUT2D eigenvalue weighted by atomic mass is 10.1. The highest BCUT2D eigenvalue weighted by Crippen LogP contribution is 2.25. The number of amides is 1. The van der Waals surface area contributed by atoms with Crippen LogP contribution in [0.1, 0.15) is 30.9 Å². The van der Waals surface area contributed by atoms with E-state index in [4.69, 9.17) is 5.73 Å². The quantitative estimate of drug-likeness (QED) is 0.810. The number of primary amides is 1. The minimum Gasteiger partial charge on any atom is -0.374 e. The Morgan fingerprint density at radius 1 is 1.44 bits per heavy atom. The normalized spacial score (nSPS) is 15.6. The van der Waals surface area contributed by atoms with Gasteiger partial charge in [-0.2, -0.15) is 0 Å². The predicted octanol–water partition coefficient (Wildman–Crippen LogP) is 1.85. The molecule has 1 aliphatic carbocycles. The van der Waals surface area contributed by atoms with Crippen LogP contribution in [0.15, 0.2) is 18.2 Å². The first-order valence-electron chi connectivity index (χ1n) is 5.88. The van der Waals surface area contributed by atoms with Crippen molar-refractivity contribution in [1.82, 2.24) is 0 Å². The van der Waals surface area contributed by atoms with Crippen molar-refractivity contribution in [2.24, 2.45) is 5.73 Å². The topological polar surface area (TPSA) is 55.1 Å². The van der Waals surface area contributed by atoms with Gasteiger partial charge in [0.2, 0.25) is 5.91 Å². The molecule has 3 nitrogen and oxygen atoms in total. The number of carbonyl (C=O) groups excluding carboxylic acids is 1. The van der Waals surface area contributed by atoms with Crippen LogP contribution >= 0.6 is 0 Å². The van der Waals surface area contributed by atoms with Gasteiger partial charge in [-0.05, 0) is 48.9 Å². The van der Waals surface area contributed by atoms with Crippen LogP contribution in [0.3, 0.4) is 0 Å². The molecular formula is C13H18N2O. The molecule has 16 heavy (non-hydrogen) atoms. The van der Waals surface area contributed by atoms with Gasteiger partial charge >= 0.3 is 0 Å². The van der Waals surface area contributed by atoms with Gasteiger partial charge in [-0.1, -0.05) is 13.0 Å². The SMILES string of the molecule is CCC(Nc1ccc2c(c1)CCC2)C(N)=O. The Morgan fingerprint density at radius 2 is 2.19 bits per heavy atom. The molecule has 0 fully saturated rings. The molecule has 0 aliphatic heterocycles. The Kier molecular flexibility index (Phi) is 3.13. The Morgan fingerprint density at radius 3 is 2.88 bits per heavy atom. The zero-order chi connectivity index (χ0) is 11.5. The first kappa shape index (κ1) is 11.0. The summed E-state index contributed by atoms with van der Waals surface area (Å²) in [5.74, 6) is -0.289. The van der Waals surface area contributed by atoms with E-state index in [2.05, 4.69) is 17.4 Å². The van der Waals surface area contributed by atoms with Crippen molar-refractivity contribution in [1.29, 1.82) is 0 Å². The van der Waals surface area contributed by atoms with Crippen molar-refractivity contribution in [3.63, 3.8) is 0 Å². The first-order chi connectivity index (χ1) is 7.70. The second kappa shape index (κ2) is 4.56. The molecule has 1 amide bonds. The molecule has 1 aromatic rings. The Bertz CT molecular complexity index is 401. The number of rotatable bonds is 4. The summed E-state index contributed by atoms with van der Waals surface area (Å²) in [6.45, 7) is 1.95. The highest BCUT2D eigenvalue weighted by molar-refractivity contribution is 5.82. The third-order valence-electron chi connectivity index (χ3n) is 3.19. The predicted molar refractivity (Wildman–Crippen MR) is 65.4 cm³/mol. The highest BCUT2D eigenvalue weighted by Gasteiger charge is 2.14. The van der Waals surface area contributed by atoms with E-state index in [9.17, 15) is 4.79 Å². The van der Waals surface area contributed by atoms with Crippen molar-refractivity contribution < 1.29 is 4.79 Å². The van der Waals surface area contributed by atoms with Gasteiger partial charge in [0.05, 0.1) is 0 Å². The summed E-state index contributed by atoms with van der Waals surface area (Å²) in [7, 11) is 0. The van der Waals surface area contributed by atoms with Gasteiger partial charge in [0.15, 0.2) is 0 Å².